The Morgan fingerprint density at radius 2 is 1.68 bits per heavy atom. The molecule has 19 heavy (non-hydrogen) atoms. The first-order chi connectivity index (χ1) is 9.22. The average molecular weight is 333 g/mol. The van der Waals surface area contributed by atoms with Crippen LogP contribution < -0.4 is 20.1 Å². The second-order valence-electron chi connectivity index (χ2n) is 3.95. The molecule has 5 nitrogen and oxygen atoms in total. The summed E-state index contributed by atoms with van der Waals surface area (Å²) in [7, 11) is 3.25. The molecule has 0 aliphatic heterocycles. The summed E-state index contributed by atoms with van der Waals surface area (Å²) in [5, 5.41) is 15.1. The summed E-state index contributed by atoms with van der Waals surface area (Å²) < 4.78 is 11.5. The highest BCUT2D eigenvalue weighted by Gasteiger charge is 2.08. The number of aliphatic hydroxyl groups excluding tert-OH is 1. The van der Waals surface area contributed by atoms with Crippen LogP contribution in [0.4, 0.5) is 0 Å². The standard InChI is InChI=1S/C13H21BrN2O3/c1-18-12-7-10(11(14)8-13(12)19-2)9-16-4-3-15-5-6-17/h7-8,15-17H,3-6,9H2,1-2H3. The lowest BCUT2D eigenvalue weighted by atomic mass is 10.2. The molecule has 0 atom stereocenters. The van der Waals surface area contributed by atoms with Gasteiger partial charge in [0, 0.05) is 30.7 Å². The molecule has 0 spiro atoms. The summed E-state index contributed by atoms with van der Waals surface area (Å²) in [6.45, 7) is 3.19. The summed E-state index contributed by atoms with van der Waals surface area (Å²) in [4.78, 5) is 0. The molecule has 0 bridgehead atoms. The molecule has 0 radical (unpaired) electrons. The molecule has 3 N–H and O–H groups in total. The third-order valence-corrected chi connectivity index (χ3v) is 3.37. The van der Waals surface area contributed by atoms with Gasteiger partial charge in [0.05, 0.1) is 20.8 Å². The zero-order valence-corrected chi connectivity index (χ0v) is 12.9. The van der Waals surface area contributed by atoms with Crippen molar-refractivity contribution >= 4 is 15.9 Å². The van der Waals surface area contributed by atoms with Gasteiger partial charge in [0.15, 0.2) is 11.5 Å². The summed E-state index contributed by atoms with van der Waals surface area (Å²) in [5.41, 5.74) is 1.11. The van der Waals surface area contributed by atoms with Crippen molar-refractivity contribution in [2.24, 2.45) is 0 Å². The van der Waals surface area contributed by atoms with Gasteiger partial charge in [-0.3, -0.25) is 0 Å². The zero-order chi connectivity index (χ0) is 14.1. The highest BCUT2D eigenvalue weighted by Crippen LogP contribution is 2.33. The van der Waals surface area contributed by atoms with E-state index in [0.29, 0.717) is 12.3 Å². The molecule has 0 unspecified atom stereocenters. The van der Waals surface area contributed by atoms with E-state index in [1.54, 1.807) is 14.2 Å². The Balaban J connectivity index is 2.49. The monoisotopic (exact) mass is 332 g/mol. The fourth-order valence-corrected chi connectivity index (χ4v) is 2.10. The SMILES string of the molecule is COc1cc(Br)c(CNCCNCCO)cc1OC. The number of methoxy groups -OCH3 is 2. The van der Waals surface area contributed by atoms with Crippen LogP contribution >= 0.6 is 15.9 Å². The van der Waals surface area contributed by atoms with Gasteiger partial charge in [0.2, 0.25) is 0 Å². The molecule has 1 aromatic carbocycles. The normalized spacial score (nSPS) is 10.5. The van der Waals surface area contributed by atoms with Crippen molar-refractivity contribution in [3.63, 3.8) is 0 Å². The fraction of sp³-hybridized carbons (Fsp3) is 0.538. The van der Waals surface area contributed by atoms with Crippen molar-refractivity contribution in [3.8, 4) is 11.5 Å². The lowest BCUT2D eigenvalue weighted by Gasteiger charge is -2.12. The molecule has 0 heterocycles. The summed E-state index contributed by atoms with van der Waals surface area (Å²) in [6.07, 6.45) is 0. The van der Waals surface area contributed by atoms with Crippen molar-refractivity contribution in [1.29, 1.82) is 0 Å². The van der Waals surface area contributed by atoms with Crippen LogP contribution in [0.25, 0.3) is 0 Å². The molecule has 0 aliphatic carbocycles. The average Bonchev–Trinajstić information content (AvgIpc) is 2.43. The van der Waals surface area contributed by atoms with Gasteiger partial charge in [-0.05, 0) is 17.7 Å². The van der Waals surface area contributed by atoms with E-state index in [2.05, 4.69) is 26.6 Å². The quantitative estimate of drug-likeness (QED) is 0.592. The lowest BCUT2D eigenvalue weighted by Crippen LogP contribution is -2.28. The molecule has 0 aliphatic rings. The molecular formula is C13H21BrN2O3. The van der Waals surface area contributed by atoms with Crippen LogP contribution in [0.5, 0.6) is 11.5 Å². The minimum Gasteiger partial charge on any atom is -0.493 e. The van der Waals surface area contributed by atoms with E-state index < -0.39 is 0 Å². The minimum absolute atomic E-state index is 0.168. The Kier molecular flexibility index (Phi) is 7.81. The van der Waals surface area contributed by atoms with Gasteiger partial charge in [-0.2, -0.15) is 0 Å². The van der Waals surface area contributed by atoms with Crippen LogP contribution in [-0.4, -0.2) is 45.6 Å². The maximum Gasteiger partial charge on any atom is 0.161 e. The summed E-state index contributed by atoms with van der Waals surface area (Å²) >= 11 is 3.52. The highest BCUT2D eigenvalue weighted by molar-refractivity contribution is 9.10. The van der Waals surface area contributed by atoms with Crippen LogP contribution in [-0.2, 0) is 6.54 Å². The van der Waals surface area contributed by atoms with Crippen molar-refractivity contribution in [2.75, 3.05) is 40.5 Å². The van der Waals surface area contributed by atoms with E-state index >= 15 is 0 Å². The largest absolute Gasteiger partial charge is 0.493 e. The van der Waals surface area contributed by atoms with Crippen LogP contribution in [0.1, 0.15) is 5.56 Å². The van der Waals surface area contributed by atoms with E-state index in [1.165, 1.54) is 0 Å². The van der Waals surface area contributed by atoms with Crippen LogP contribution in [0.3, 0.4) is 0 Å². The molecule has 0 saturated carbocycles. The molecule has 1 aromatic rings. The minimum atomic E-state index is 0.168. The number of nitrogens with one attached hydrogen (secondary N) is 2. The predicted octanol–water partition coefficient (Wildman–Crippen LogP) is 1.14. The van der Waals surface area contributed by atoms with Crippen molar-refractivity contribution < 1.29 is 14.6 Å². The molecule has 6 heteroatoms. The molecule has 0 saturated heterocycles. The van der Waals surface area contributed by atoms with Crippen LogP contribution in [0.15, 0.2) is 16.6 Å². The lowest BCUT2D eigenvalue weighted by molar-refractivity contribution is 0.292. The first-order valence-corrected chi connectivity index (χ1v) is 6.95. The number of rotatable bonds is 9. The zero-order valence-electron chi connectivity index (χ0n) is 11.3. The molecule has 0 fully saturated rings. The molecule has 0 amide bonds. The van der Waals surface area contributed by atoms with E-state index in [1.807, 2.05) is 12.1 Å². The Bertz CT molecular complexity index is 388. The van der Waals surface area contributed by atoms with Gasteiger partial charge in [0.1, 0.15) is 0 Å². The number of benzene rings is 1. The summed E-state index contributed by atoms with van der Waals surface area (Å²) in [6, 6.07) is 3.86. The van der Waals surface area contributed by atoms with E-state index in [9.17, 15) is 0 Å². The highest BCUT2D eigenvalue weighted by atomic mass is 79.9. The maximum absolute atomic E-state index is 8.63. The summed E-state index contributed by atoms with van der Waals surface area (Å²) in [5.74, 6) is 1.43. The smallest absolute Gasteiger partial charge is 0.161 e. The second-order valence-corrected chi connectivity index (χ2v) is 4.80. The van der Waals surface area contributed by atoms with E-state index in [-0.39, 0.29) is 6.61 Å². The van der Waals surface area contributed by atoms with Gasteiger partial charge in [-0.25, -0.2) is 0 Å². The topological polar surface area (TPSA) is 62.8 Å². The molecule has 0 aromatic heterocycles. The fourth-order valence-electron chi connectivity index (χ4n) is 1.64. The van der Waals surface area contributed by atoms with Crippen LogP contribution in [0.2, 0.25) is 0 Å². The van der Waals surface area contributed by atoms with Gasteiger partial charge in [-0.1, -0.05) is 15.9 Å². The third-order valence-electron chi connectivity index (χ3n) is 2.64. The Morgan fingerprint density at radius 1 is 1.05 bits per heavy atom. The van der Waals surface area contributed by atoms with Gasteiger partial charge < -0.3 is 25.2 Å². The Labute approximate surface area is 122 Å². The Morgan fingerprint density at radius 3 is 2.32 bits per heavy atom. The second kappa shape index (κ2) is 9.14. The van der Waals surface area contributed by atoms with Crippen molar-refractivity contribution in [3.05, 3.63) is 22.2 Å². The first kappa shape index (κ1) is 16.2. The van der Waals surface area contributed by atoms with Crippen LogP contribution in [0, 0.1) is 0 Å². The maximum atomic E-state index is 8.63. The number of hydrogen-bond donors (Lipinski definition) is 3. The van der Waals surface area contributed by atoms with Crippen molar-refractivity contribution in [1.82, 2.24) is 10.6 Å². The molecular weight excluding hydrogens is 312 g/mol. The third kappa shape index (κ3) is 5.36. The number of ether oxygens (including phenoxy) is 2. The number of aliphatic hydroxyl groups is 1. The van der Waals surface area contributed by atoms with E-state index in [4.69, 9.17) is 14.6 Å². The molecule has 108 valence electrons. The first-order valence-electron chi connectivity index (χ1n) is 6.15. The number of halogens is 1. The van der Waals surface area contributed by atoms with Gasteiger partial charge >= 0.3 is 0 Å². The number of hydrogen-bond acceptors (Lipinski definition) is 5. The van der Waals surface area contributed by atoms with Crippen molar-refractivity contribution in [2.45, 2.75) is 6.54 Å². The Hall–Kier alpha value is -0.820. The van der Waals surface area contributed by atoms with E-state index in [0.717, 1.165) is 35.4 Å². The molecule has 1 rings (SSSR count). The van der Waals surface area contributed by atoms with Gasteiger partial charge in [-0.15, -0.1) is 0 Å². The predicted molar refractivity (Wildman–Crippen MR) is 78.9 cm³/mol. The van der Waals surface area contributed by atoms with Gasteiger partial charge in [0.25, 0.3) is 0 Å².